The van der Waals surface area contributed by atoms with Crippen LogP contribution in [0.1, 0.15) is 36.4 Å². The van der Waals surface area contributed by atoms with E-state index in [0.717, 1.165) is 42.8 Å². The van der Waals surface area contributed by atoms with E-state index in [-0.39, 0.29) is 16.4 Å². The van der Waals surface area contributed by atoms with Crippen LogP contribution in [0.4, 0.5) is 14.7 Å². The zero-order valence-electron chi connectivity index (χ0n) is 11.4. The molecule has 116 valence electrons. The smallest absolute Gasteiger partial charge is 0.247 e. The van der Waals surface area contributed by atoms with Gasteiger partial charge in [0, 0.05) is 23.4 Å². The summed E-state index contributed by atoms with van der Waals surface area (Å²) < 4.78 is 51.6. The molecule has 1 saturated carbocycles. The van der Waals surface area contributed by atoms with Gasteiger partial charge in [0.25, 0.3) is 16.4 Å². The van der Waals surface area contributed by atoms with Gasteiger partial charge in [0.15, 0.2) is 0 Å². The molecule has 1 fully saturated rings. The molecule has 0 amide bonds. The summed E-state index contributed by atoms with van der Waals surface area (Å²) in [7, 11) is -3.90. The Morgan fingerprint density at radius 2 is 1.82 bits per heavy atom. The molecular formula is C14H13F2N3O2S. The fraction of sp³-hybridized carbons (Fsp3) is 0.286. The standard InChI is InChI=1S/C14H13F2N3O2S/c15-13(16)10-3-5-11(6-4-10)22(20,21)19-14-17-8-7-12(18-14)9-1-2-9/h3-9,13H,1-2H2,(H,17,18,19). The molecule has 0 saturated heterocycles. The first kappa shape index (κ1) is 14.8. The van der Waals surface area contributed by atoms with E-state index in [1.54, 1.807) is 6.07 Å². The molecule has 5 nitrogen and oxygen atoms in total. The third-order valence-electron chi connectivity index (χ3n) is 3.34. The van der Waals surface area contributed by atoms with Crippen LogP contribution in [-0.4, -0.2) is 18.4 Å². The summed E-state index contributed by atoms with van der Waals surface area (Å²) in [6.07, 6.45) is 0.943. The maximum absolute atomic E-state index is 12.5. The molecule has 0 radical (unpaired) electrons. The van der Waals surface area contributed by atoms with Crippen molar-refractivity contribution in [3.8, 4) is 0 Å². The van der Waals surface area contributed by atoms with E-state index in [1.165, 1.54) is 6.20 Å². The summed E-state index contributed by atoms with van der Waals surface area (Å²) in [5.41, 5.74) is 0.576. The van der Waals surface area contributed by atoms with Gasteiger partial charge in [0.2, 0.25) is 5.95 Å². The molecule has 0 unspecified atom stereocenters. The van der Waals surface area contributed by atoms with Crippen molar-refractivity contribution < 1.29 is 17.2 Å². The van der Waals surface area contributed by atoms with Gasteiger partial charge < -0.3 is 0 Å². The van der Waals surface area contributed by atoms with Crippen LogP contribution in [-0.2, 0) is 10.0 Å². The molecule has 1 N–H and O–H groups in total. The van der Waals surface area contributed by atoms with Crippen molar-refractivity contribution >= 4 is 16.0 Å². The molecule has 22 heavy (non-hydrogen) atoms. The van der Waals surface area contributed by atoms with Gasteiger partial charge in [0.05, 0.1) is 4.90 Å². The first-order valence-corrected chi connectivity index (χ1v) is 8.18. The summed E-state index contributed by atoms with van der Waals surface area (Å²) in [5, 5.41) is 0. The Morgan fingerprint density at radius 3 is 2.41 bits per heavy atom. The first-order valence-electron chi connectivity index (χ1n) is 6.69. The van der Waals surface area contributed by atoms with Gasteiger partial charge in [-0.3, -0.25) is 0 Å². The van der Waals surface area contributed by atoms with Crippen molar-refractivity contribution in [1.82, 2.24) is 9.97 Å². The zero-order valence-corrected chi connectivity index (χ0v) is 12.2. The van der Waals surface area contributed by atoms with Gasteiger partial charge in [-0.15, -0.1) is 0 Å². The lowest BCUT2D eigenvalue weighted by atomic mass is 10.2. The maximum atomic E-state index is 12.5. The number of anilines is 1. The van der Waals surface area contributed by atoms with Crippen LogP contribution >= 0.6 is 0 Å². The number of alkyl halides is 2. The first-order chi connectivity index (χ1) is 10.5. The molecule has 1 aliphatic carbocycles. The minimum atomic E-state index is -3.90. The average Bonchev–Trinajstić information content (AvgIpc) is 3.32. The predicted molar refractivity (Wildman–Crippen MR) is 76.2 cm³/mol. The molecular weight excluding hydrogens is 312 g/mol. The number of hydrogen-bond acceptors (Lipinski definition) is 4. The Hall–Kier alpha value is -2.09. The third-order valence-corrected chi connectivity index (χ3v) is 4.68. The number of sulfonamides is 1. The average molecular weight is 325 g/mol. The van der Waals surface area contributed by atoms with E-state index >= 15 is 0 Å². The number of aromatic nitrogens is 2. The summed E-state index contributed by atoms with van der Waals surface area (Å²) in [4.78, 5) is 7.94. The largest absolute Gasteiger partial charge is 0.264 e. The van der Waals surface area contributed by atoms with Crippen molar-refractivity contribution in [3.63, 3.8) is 0 Å². The van der Waals surface area contributed by atoms with Crippen LogP contribution < -0.4 is 4.72 Å². The fourth-order valence-corrected chi connectivity index (χ4v) is 2.95. The molecule has 0 bridgehead atoms. The Morgan fingerprint density at radius 1 is 1.14 bits per heavy atom. The Labute approximate surface area is 126 Å². The molecule has 0 atom stereocenters. The molecule has 1 aromatic carbocycles. The van der Waals surface area contributed by atoms with E-state index in [4.69, 9.17) is 0 Å². The summed E-state index contributed by atoms with van der Waals surface area (Å²) in [6.45, 7) is 0. The highest BCUT2D eigenvalue weighted by Crippen LogP contribution is 2.39. The van der Waals surface area contributed by atoms with E-state index in [2.05, 4.69) is 14.7 Å². The highest BCUT2D eigenvalue weighted by atomic mass is 32.2. The lowest BCUT2D eigenvalue weighted by Crippen LogP contribution is -2.15. The number of nitrogens with zero attached hydrogens (tertiary/aromatic N) is 2. The lowest BCUT2D eigenvalue weighted by Gasteiger charge is -2.08. The monoisotopic (exact) mass is 325 g/mol. The van der Waals surface area contributed by atoms with Crippen molar-refractivity contribution in [1.29, 1.82) is 0 Å². The third kappa shape index (κ3) is 3.22. The van der Waals surface area contributed by atoms with E-state index in [9.17, 15) is 17.2 Å². The van der Waals surface area contributed by atoms with Gasteiger partial charge in [-0.2, -0.15) is 0 Å². The molecule has 3 rings (SSSR count). The minimum Gasteiger partial charge on any atom is -0.247 e. The second-order valence-corrected chi connectivity index (χ2v) is 6.74. The Balaban J connectivity index is 1.82. The van der Waals surface area contributed by atoms with Gasteiger partial charge in [0.1, 0.15) is 0 Å². The highest BCUT2D eigenvalue weighted by molar-refractivity contribution is 7.92. The fourth-order valence-electron chi connectivity index (χ4n) is 2.00. The number of halogens is 2. The summed E-state index contributed by atoms with van der Waals surface area (Å²) >= 11 is 0. The van der Waals surface area contributed by atoms with Crippen molar-refractivity contribution in [3.05, 3.63) is 47.8 Å². The molecule has 8 heteroatoms. The van der Waals surface area contributed by atoms with Gasteiger partial charge in [-0.25, -0.2) is 31.9 Å². The zero-order chi connectivity index (χ0) is 15.7. The number of hydrogen-bond donors (Lipinski definition) is 1. The lowest BCUT2D eigenvalue weighted by molar-refractivity contribution is 0.151. The normalized spacial score (nSPS) is 15.0. The second kappa shape index (κ2) is 5.60. The van der Waals surface area contributed by atoms with Crippen LogP contribution in [0.3, 0.4) is 0 Å². The number of rotatable bonds is 5. The second-order valence-electron chi connectivity index (χ2n) is 5.05. The predicted octanol–water partition coefficient (Wildman–Crippen LogP) is 3.09. The molecule has 0 spiro atoms. The van der Waals surface area contributed by atoms with Gasteiger partial charge in [-0.1, -0.05) is 12.1 Å². The minimum absolute atomic E-state index is 0.0117. The van der Waals surface area contributed by atoms with E-state index in [0.29, 0.717) is 5.92 Å². The SMILES string of the molecule is O=S(=O)(Nc1nccc(C2CC2)n1)c1ccc(C(F)F)cc1. The quantitative estimate of drug-likeness (QED) is 0.917. The maximum Gasteiger partial charge on any atom is 0.264 e. The van der Waals surface area contributed by atoms with E-state index in [1.807, 2.05) is 0 Å². The topological polar surface area (TPSA) is 72.0 Å². The van der Waals surface area contributed by atoms with Crippen LogP contribution in [0, 0.1) is 0 Å². The molecule has 0 aliphatic heterocycles. The van der Waals surface area contributed by atoms with Crippen molar-refractivity contribution in [2.75, 3.05) is 4.72 Å². The van der Waals surface area contributed by atoms with Crippen LogP contribution in [0.2, 0.25) is 0 Å². The van der Waals surface area contributed by atoms with Crippen molar-refractivity contribution in [2.45, 2.75) is 30.1 Å². The molecule has 1 aromatic heterocycles. The van der Waals surface area contributed by atoms with Gasteiger partial charge >= 0.3 is 0 Å². The summed E-state index contributed by atoms with van der Waals surface area (Å²) in [6, 6.07) is 6.19. The Bertz CT molecular complexity index is 775. The number of benzene rings is 1. The Kier molecular flexibility index (Phi) is 3.78. The van der Waals surface area contributed by atoms with Crippen LogP contribution in [0.25, 0.3) is 0 Å². The highest BCUT2D eigenvalue weighted by Gasteiger charge is 2.26. The number of nitrogens with one attached hydrogen (secondary N) is 1. The van der Waals surface area contributed by atoms with E-state index < -0.39 is 16.4 Å². The summed E-state index contributed by atoms with van der Waals surface area (Å²) in [5.74, 6) is 0.360. The molecule has 1 heterocycles. The molecule has 2 aromatic rings. The van der Waals surface area contributed by atoms with Crippen LogP contribution in [0.5, 0.6) is 0 Å². The van der Waals surface area contributed by atoms with Gasteiger partial charge in [-0.05, 0) is 31.0 Å². The van der Waals surface area contributed by atoms with Crippen molar-refractivity contribution in [2.24, 2.45) is 0 Å². The van der Waals surface area contributed by atoms with Crippen LogP contribution in [0.15, 0.2) is 41.4 Å². The molecule has 1 aliphatic rings.